The molecule has 0 unspecified atom stereocenters. The van der Waals surface area contributed by atoms with Crippen molar-refractivity contribution in [1.29, 1.82) is 5.41 Å². The van der Waals surface area contributed by atoms with Crippen molar-refractivity contribution in [2.75, 3.05) is 0 Å². The van der Waals surface area contributed by atoms with Crippen LogP contribution < -0.4 is 10.9 Å². The number of hydrogen-bond acceptors (Lipinski definition) is 3. The van der Waals surface area contributed by atoms with Gasteiger partial charge in [0.2, 0.25) is 5.55 Å². The normalized spacial score (nSPS) is 10.6. The van der Waals surface area contributed by atoms with Gasteiger partial charge in [-0.05, 0) is 24.6 Å². The van der Waals surface area contributed by atoms with Crippen LogP contribution in [0.4, 0.5) is 0 Å². The van der Waals surface area contributed by atoms with Gasteiger partial charge in [-0.1, -0.05) is 48.0 Å². The molecular weight excluding hydrogens is 276 g/mol. The van der Waals surface area contributed by atoms with Crippen LogP contribution in [-0.4, -0.2) is 5.91 Å². The fourth-order valence-electron chi connectivity index (χ4n) is 2.23. The van der Waals surface area contributed by atoms with Gasteiger partial charge in [0.15, 0.2) is 0 Å². The first kappa shape index (κ1) is 14.1. The molecule has 0 aliphatic rings. The summed E-state index contributed by atoms with van der Waals surface area (Å²) >= 11 is 0. The molecule has 3 aromatic rings. The van der Waals surface area contributed by atoms with E-state index in [-0.39, 0.29) is 17.0 Å². The topological polar surface area (TPSA) is 66.1 Å². The largest absolute Gasteiger partial charge is 0.438 e. The number of hydrogen-bond donors (Lipinski definition) is 2. The molecule has 0 radical (unpaired) electrons. The van der Waals surface area contributed by atoms with Crippen LogP contribution >= 0.6 is 0 Å². The molecule has 1 amide bonds. The molecule has 1 aromatic heterocycles. The molecule has 4 nitrogen and oxygen atoms in total. The molecule has 22 heavy (non-hydrogen) atoms. The Hall–Kier alpha value is -2.88. The first-order valence-electron chi connectivity index (χ1n) is 7.05. The van der Waals surface area contributed by atoms with E-state index < -0.39 is 0 Å². The molecule has 3 rings (SSSR count). The second-order valence-corrected chi connectivity index (χ2v) is 5.20. The highest BCUT2D eigenvalue weighted by atomic mass is 16.3. The van der Waals surface area contributed by atoms with Gasteiger partial charge in [0.25, 0.3) is 5.91 Å². The third-order valence-electron chi connectivity index (χ3n) is 3.49. The highest BCUT2D eigenvalue weighted by molar-refractivity contribution is 5.96. The first-order valence-corrected chi connectivity index (χ1v) is 7.05. The molecule has 0 saturated carbocycles. The van der Waals surface area contributed by atoms with E-state index in [4.69, 9.17) is 9.83 Å². The van der Waals surface area contributed by atoms with Gasteiger partial charge in [0, 0.05) is 11.9 Å². The Morgan fingerprint density at radius 1 is 1.14 bits per heavy atom. The van der Waals surface area contributed by atoms with Gasteiger partial charge < -0.3 is 9.73 Å². The Bertz CT molecular complexity index is 879. The monoisotopic (exact) mass is 292 g/mol. The highest BCUT2D eigenvalue weighted by Gasteiger charge is 2.11. The highest BCUT2D eigenvalue weighted by Crippen LogP contribution is 2.12. The van der Waals surface area contributed by atoms with Gasteiger partial charge in [-0.2, -0.15) is 0 Å². The van der Waals surface area contributed by atoms with Gasteiger partial charge in [-0.15, -0.1) is 0 Å². The zero-order valence-electron chi connectivity index (χ0n) is 12.2. The second kappa shape index (κ2) is 5.85. The van der Waals surface area contributed by atoms with Crippen molar-refractivity contribution in [3.8, 4) is 0 Å². The number of nitrogens with one attached hydrogen (secondary N) is 2. The Balaban J connectivity index is 1.81. The first-order chi connectivity index (χ1) is 10.6. The van der Waals surface area contributed by atoms with Crippen molar-refractivity contribution in [3.05, 3.63) is 76.8 Å². The fraction of sp³-hybridized carbons (Fsp3) is 0.111. The number of rotatable bonds is 3. The lowest BCUT2D eigenvalue weighted by atomic mass is 10.1. The van der Waals surface area contributed by atoms with Crippen molar-refractivity contribution in [2.24, 2.45) is 0 Å². The molecule has 2 N–H and O–H groups in total. The number of fused-ring (bicyclic) bond motifs is 1. The summed E-state index contributed by atoms with van der Waals surface area (Å²) in [7, 11) is 0. The van der Waals surface area contributed by atoms with Crippen LogP contribution in [-0.2, 0) is 6.54 Å². The summed E-state index contributed by atoms with van der Waals surface area (Å²) in [6.07, 6.45) is 0. The lowest BCUT2D eigenvalue weighted by Gasteiger charge is -2.06. The molecule has 0 aliphatic carbocycles. The molecular formula is C18H16N2O2. The molecule has 4 heteroatoms. The third-order valence-corrected chi connectivity index (χ3v) is 3.49. The summed E-state index contributed by atoms with van der Waals surface area (Å²) in [4.78, 5) is 12.3. The standard InChI is InChI=1S/C18H16N2O2/c1-12-6-8-13(9-7-12)11-20-18(21)15-10-14-4-2-3-5-16(14)22-17(15)19/h2-10,19H,11H2,1H3,(H,20,21). The summed E-state index contributed by atoms with van der Waals surface area (Å²) in [5, 5.41) is 11.5. The van der Waals surface area contributed by atoms with Crippen LogP contribution in [0.2, 0.25) is 0 Å². The third kappa shape index (κ3) is 2.91. The quantitative estimate of drug-likeness (QED) is 0.778. The van der Waals surface area contributed by atoms with E-state index in [0.717, 1.165) is 10.9 Å². The minimum Gasteiger partial charge on any atom is -0.438 e. The number of para-hydroxylation sites is 1. The molecule has 0 atom stereocenters. The molecule has 2 aromatic carbocycles. The number of carbonyl (C=O) groups excluding carboxylic acids is 1. The molecule has 0 fully saturated rings. The summed E-state index contributed by atoms with van der Waals surface area (Å²) in [6.45, 7) is 2.44. The van der Waals surface area contributed by atoms with Crippen LogP contribution in [0.25, 0.3) is 11.0 Å². The van der Waals surface area contributed by atoms with Crippen LogP contribution in [0.3, 0.4) is 0 Å². The molecule has 110 valence electrons. The van der Waals surface area contributed by atoms with E-state index in [1.165, 1.54) is 5.56 Å². The van der Waals surface area contributed by atoms with Crippen molar-refractivity contribution >= 4 is 16.9 Å². The lowest BCUT2D eigenvalue weighted by molar-refractivity contribution is 0.0946. The minimum atomic E-state index is -0.305. The predicted octanol–water partition coefficient (Wildman–Crippen LogP) is 3.15. The Labute approximate surface area is 127 Å². The maximum atomic E-state index is 12.3. The SMILES string of the molecule is Cc1ccc(CNC(=O)c2cc3ccccc3oc2=N)cc1. The average molecular weight is 292 g/mol. The molecule has 0 spiro atoms. The van der Waals surface area contributed by atoms with Crippen LogP contribution in [0.5, 0.6) is 0 Å². The van der Waals surface area contributed by atoms with Crippen LogP contribution in [0, 0.1) is 12.3 Å². The minimum absolute atomic E-state index is 0.125. The number of amides is 1. The van der Waals surface area contributed by atoms with E-state index in [1.54, 1.807) is 12.1 Å². The van der Waals surface area contributed by atoms with Crippen LogP contribution in [0.1, 0.15) is 21.5 Å². The number of aryl methyl sites for hydroxylation is 1. The molecule has 0 bridgehead atoms. The van der Waals surface area contributed by atoms with Gasteiger partial charge in [-0.25, -0.2) is 0 Å². The Kier molecular flexibility index (Phi) is 3.74. The maximum absolute atomic E-state index is 12.3. The summed E-state index contributed by atoms with van der Waals surface area (Å²) in [5.41, 5.74) is 2.91. The smallest absolute Gasteiger partial charge is 0.257 e. The zero-order valence-corrected chi connectivity index (χ0v) is 12.2. The second-order valence-electron chi connectivity index (χ2n) is 5.20. The van der Waals surface area contributed by atoms with E-state index in [1.807, 2.05) is 49.4 Å². The van der Waals surface area contributed by atoms with Crippen LogP contribution in [0.15, 0.2) is 59.0 Å². The zero-order chi connectivity index (χ0) is 15.5. The maximum Gasteiger partial charge on any atom is 0.257 e. The average Bonchev–Trinajstić information content (AvgIpc) is 2.53. The van der Waals surface area contributed by atoms with Crippen molar-refractivity contribution < 1.29 is 9.21 Å². The van der Waals surface area contributed by atoms with Gasteiger partial charge in [0.05, 0.1) is 0 Å². The van der Waals surface area contributed by atoms with E-state index in [0.29, 0.717) is 12.1 Å². The van der Waals surface area contributed by atoms with Crippen molar-refractivity contribution in [1.82, 2.24) is 5.32 Å². The number of carbonyl (C=O) groups is 1. The van der Waals surface area contributed by atoms with E-state index in [2.05, 4.69) is 5.32 Å². The summed E-state index contributed by atoms with van der Waals surface area (Å²) < 4.78 is 5.39. The Morgan fingerprint density at radius 2 is 1.86 bits per heavy atom. The van der Waals surface area contributed by atoms with Crippen molar-refractivity contribution in [2.45, 2.75) is 13.5 Å². The molecule has 0 saturated heterocycles. The summed E-state index contributed by atoms with van der Waals surface area (Å²) in [5.74, 6) is -0.305. The predicted molar refractivity (Wildman–Crippen MR) is 84.4 cm³/mol. The Morgan fingerprint density at radius 3 is 2.64 bits per heavy atom. The van der Waals surface area contributed by atoms with Gasteiger partial charge >= 0.3 is 0 Å². The summed E-state index contributed by atoms with van der Waals surface area (Å²) in [6, 6.07) is 17.0. The van der Waals surface area contributed by atoms with Gasteiger partial charge in [0.1, 0.15) is 11.1 Å². The lowest BCUT2D eigenvalue weighted by Crippen LogP contribution is -2.27. The number of benzene rings is 2. The van der Waals surface area contributed by atoms with Gasteiger partial charge in [-0.3, -0.25) is 10.2 Å². The van der Waals surface area contributed by atoms with E-state index in [9.17, 15) is 4.79 Å². The molecule has 0 aliphatic heterocycles. The van der Waals surface area contributed by atoms with E-state index >= 15 is 0 Å². The van der Waals surface area contributed by atoms with Crippen molar-refractivity contribution in [3.63, 3.8) is 0 Å². The molecule has 1 heterocycles. The fourth-order valence-corrected chi connectivity index (χ4v) is 2.23.